The molecule has 0 heterocycles. The molecule has 4 rings (SSSR count). The summed E-state index contributed by atoms with van der Waals surface area (Å²) in [5.74, 6) is -0.412. The summed E-state index contributed by atoms with van der Waals surface area (Å²) in [5, 5.41) is 0.312. The third-order valence-corrected chi connectivity index (χ3v) is 8.33. The summed E-state index contributed by atoms with van der Waals surface area (Å²) >= 11 is 11.8. The maximum Gasteiger partial charge on any atom is 0.269 e. The quantitative estimate of drug-likeness (QED) is 0.188. The standard InChI is InChI=1S/C31H29Cl2N3O5S/c1-31(2,3)23-11-13-25(14-12-23)41-19-20-7-9-21(10-8-20)29(37)34-35-30(38)22-5-4-6-24(17-22)36-42(39,40)26-15-16-27(32)28(33)18-26/h4-18,36H,19H2,1-3H3,(H,34,37)(H,35,38). The molecule has 0 aliphatic carbocycles. The van der Waals surface area contributed by atoms with Crippen LogP contribution in [-0.2, 0) is 22.0 Å². The van der Waals surface area contributed by atoms with Gasteiger partial charge in [0, 0.05) is 16.8 Å². The van der Waals surface area contributed by atoms with Gasteiger partial charge in [0.1, 0.15) is 12.4 Å². The van der Waals surface area contributed by atoms with E-state index in [1.54, 1.807) is 24.3 Å². The Morgan fingerprint density at radius 1 is 0.762 bits per heavy atom. The van der Waals surface area contributed by atoms with Crippen molar-refractivity contribution < 1.29 is 22.7 Å². The van der Waals surface area contributed by atoms with E-state index in [9.17, 15) is 18.0 Å². The van der Waals surface area contributed by atoms with Crippen LogP contribution in [0.3, 0.4) is 0 Å². The number of nitrogens with one attached hydrogen (secondary N) is 3. The van der Waals surface area contributed by atoms with E-state index in [-0.39, 0.29) is 31.6 Å². The van der Waals surface area contributed by atoms with Crippen molar-refractivity contribution >= 4 is 50.7 Å². The second kappa shape index (κ2) is 12.9. The van der Waals surface area contributed by atoms with E-state index >= 15 is 0 Å². The molecule has 218 valence electrons. The molecular formula is C31H29Cl2N3O5S. The predicted octanol–water partition coefficient (Wildman–Crippen LogP) is 6.75. The highest BCUT2D eigenvalue weighted by Crippen LogP contribution is 2.27. The highest BCUT2D eigenvalue weighted by atomic mass is 35.5. The number of amides is 2. The lowest BCUT2D eigenvalue weighted by Crippen LogP contribution is -2.41. The van der Waals surface area contributed by atoms with Crippen molar-refractivity contribution in [2.24, 2.45) is 0 Å². The zero-order valence-corrected chi connectivity index (χ0v) is 25.4. The number of halogens is 2. The topological polar surface area (TPSA) is 114 Å². The lowest BCUT2D eigenvalue weighted by Gasteiger charge is -2.19. The molecule has 0 aliphatic heterocycles. The molecule has 8 nitrogen and oxygen atoms in total. The number of benzene rings is 4. The van der Waals surface area contributed by atoms with E-state index in [4.69, 9.17) is 27.9 Å². The molecule has 42 heavy (non-hydrogen) atoms. The molecule has 11 heteroatoms. The summed E-state index contributed by atoms with van der Waals surface area (Å²) in [5.41, 5.74) is 7.44. The summed E-state index contributed by atoms with van der Waals surface area (Å²) in [7, 11) is -3.99. The summed E-state index contributed by atoms with van der Waals surface area (Å²) in [6.07, 6.45) is 0. The maximum absolute atomic E-state index is 12.7. The number of hydrazine groups is 1. The van der Waals surface area contributed by atoms with Crippen molar-refractivity contribution in [2.75, 3.05) is 4.72 Å². The van der Waals surface area contributed by atoms with Crippen LogP contribution in [0.2, 0.25) is 10.0 Å². The maximum atomic E-state index is 12.7. The van der Waals surface area contributed by atoms with Crippen molar-refractivity contribution in [1.29, 1.82) is 0 Å². The van der Waals surface area contributed by atoms with Crippen molar-refractivity contribution in [1.82, 2.24) is 10.9 Å². The first kappa shape index (κ1) is 30.9. The number of rotatable bonds is 8. The Hall–Kier alpha value is -4.05. The van der Waals surface area contributed by atoms with Gasteiger partial charge in [-0.15, -0.1) is 0 Å². The second-order valence-electron chi connectivity index (χ2n) is 10.4. The largest absolute Gasteiger partial charge is 0.489 e. The molecule has 0 fully saturated rings. The second-order valence-corrected chi connectivity index (χ2v) is 12.9. The molecule has 0 saturated heterocycles. The Balaban J connectivity index is 1.30. The van der Waals surface area contributed by atoms with Crippen LogP contribution in [0.25, 0.3) is 0 Å². The van der Waals surface area contributed by atoms with Gasteiger partial charge in [-0.25, -0.2) is 8.42 Å². The summed E-state index contributed by atoms with van der Waals surface area (Å²) in [6, 6.07) is 24.5. The highest BCUT2D eigenvalue weighted by Gasteiger charge is 2.17. The molecule has 0 atom stereocenters. The molecule has 0 aromatic heterocycles. The van der Waals surface area contributed by atoms with E-state index < -0.39 is 21.8 Å². The van der Waals surface area contributed by atoms with Gasteiger partial charge in [-0.3, -0.25) is 25.2 Å². The lowest BCUT2D eigenvalue weighted by atomic mass is 9.87. The van der Waals surface area contributed by atoms with Crippen LogP contribution in [0.4, 0.5) is 5.69 Å². The smallest absolute Gasteiger partial charge is 0.269 e. The van der Waals surface area contributed by atoms with Crippen molar-refractivity contribution in [3.63, 3.8) is 0 Å². The Kier molecular flexibility index (Phi) is 9.46. The fourth-order valence-electron chi connectivity index (χ4n) is 3.81. The van der Waals surface area contributed by atoms with E-state index in [2.05, 4.69) is 36.3 Å². The fraction of sp³-hybridized carbons (Fsp3) is 0.161. The number of ether oxygens (including phenoxy) is 1. The Morgan fingerprint density at radius 2 is 1.40 bits per heavy atom. The van der Waals surface area contributed by atoms with Crippen LogP contribution in [0.1, 0.15) is 52.6 Å². The molecule has 4 aromatic rings. The average molecular weight is 627 g/mol. The molecule has 0 radical (unpaired) electrons. The molecule has 2 amide bonds. The van der Waals surface area contributed by atoms with Crippen LogP contribution in [-0.4, -0.2) is 20.2 Å². The number of carbonyl (C=O) groups excluding carboxylic acids is 2. The number of anilines is 1. The molecular weight excluding hydrogens is 597 g/mol. The van der Waals surface area contributed by atoms with Crippen molar-refractivity contribution in [3.8, 4) is 5.75 Å². The Labute approximate surface area is 255 Å². The van der Waals surface area contributed by atoms with Gasteiger partial charge in [0.15, 0.2) is 0 Å². The Bertz CT molecular complexity index is 1700. The number of carbonyl (C=O) groups is 2. The molecule has 4 aromatic carbocycles. The summed E-state index contributed by atoms with van der Waals surface area (Å²) in [6.45, 7) is 6.79. The third-order valence-electron chi connectivity index (χ3n) is 6.21. The minimum absolute atomic E-state index is 0.0625. The zero-order chi connectivity index (χ0) is 30.5. The molecule has 0 aliphatic rings. The molecule has 0 bridgehead atoms. The average Bonchev–Trinajstić information content (AvgIpc) is 2.96. The van der Waals surface area contributed by atoms with E-state index in [0.717, 1.165) is 11.3 Å². The lowest BCUT2D eigenvalue weighted by molar-refractivity contribution is 0.0846. The predicted molar refractivity (Wildman–Crippen MR) is 165 cm³/mol. The molecule has 0 unspecified atom stereocenters. The highest BCUT2D eigenvalue weighted by molar-refractivity contribution is 7.92. The fourth-order valence-corrected chi connectivity index (χ4v) is 5.25. The molecule has 0 saturated carbocycles. The van der Waals surface area contributed by atoms with Gasteiger partial charge in [-0.1, -0.05) is 74.3 Å². The summed E-state index contributed by atoms with van der Waals surface area (Å²) in [4.78, 5) is 25.1. The molecule has 0 spiro atoms. The van der Waals surface area contributed by atoms with Crippen LogP contribution < -0.4 is 20.3 Å². The monoisotopic (exact) mass is 625 g/mol. The van der Waals surface area contributed by atoms with Gasteiger partial charge in [0.25, 0.3) is 21.8 Å². The number of hydrogen-bond donors (Lipinski definition) is 3. The van der Waals surface area contributed by atoms with Crippen molar-refractivity contribution in [3.05, 3.63) is 123 Å². The summed E-state index contributed by atoms with van der Waals surface area (Å²) < 4.78 is 33.7. The first-order chi connectivity index (χ1) is 19.8. The van der Waals surface area contributed by atoms with Crippen molar-refractivity contribution in [2.45, 2.75) is 37.7 Å². The van der Waals surface area contributed by atoms with Crippen LogP contribution in [0.15, 0.2) is 95.9 Å². The van der Waals surface area contributed by atoms with Gasteiger partial charge in [0.05, 0.1) is 14.9 Å². The SMILES string of the molecule is CC(C)(C)c1ccc(OCc2ccc(C(=O)NNC(=O)c3cccc(NS(=O)(=O)c4ccc(Cl)c(Cl)c4)c3)cc2)cc1. The molecule has 3 N–H and O–H groups in total. The van der Waals surface area contributed by atoms with E-state index in [1.165, 1.54) is 48.0 Å². The van der Waals surface area contributed by atoms with Crippen LogP contribution in [0, 0.1) is 0 Å². The van der Waals surface area contributed by atoms with Gasteiger partial charge >= 0.3 is 0 Å². The minimum atomic E-state index is -3.99. The van der Waals surface area contributed by atoms with Crippen LogP contribution >= 0.6 is 23.2 Å². The van der Waals surface area contributed by atoms with Gasteiger partial charge in [0.2, 0.25) is 0 Å². The zero-order valence-electron chi connectivity index (χ0n) is 23.1. The van der Waals surface area contributed by atoms with E-state index in [0.29, 0.717) is 12.2 Å². The minimum Gasteiger partial charge on any atom is -0.489 e. The normalized spacial score (nSPS) is 11.5. The van der Waals surface area contributed by atoms with Crippen LogP contribution in [0.5, 0.6) is 5.75 Å². The first-order valence-electron chi connectivity index (χ1n) is 12.8. The number of hydrogen-bond acceptors (Lipinski definition) is 5. The number of sulfonamides is 1. The van der Waals surface area contributed by atoms with Gasteiger partial charge < -0.3 is 4.74 Å². The van der Waals surface area contributed by atoms with Gasteiger partial charge in [-0.05, 0) is 77.2 Å². The van der Waals surface area contributed by atoms with Gasteiger partial charge in [-0.2, -0.15) is 0 Å². The first-order valence-corrected chi connectivity index (χ1v) is 15.1. The van der Waals surface area contributed by atoms with E-state index in [1.807, 2.05) is 24.3 Å². The Morgan fingerprint density at radius 3 is 2.02 bits per heavy atom. The third kappa shape index (κ3) is 8.03.